The molecule has 2 aromatic carbocycles. The summed E-state index contributed by atoms with van der Waals surface area (Å²) in [6.45, 7) is 3.90. The first-order valence-corrected chi connectivity index (χ1v) is 8.89. The molecule has 1 N–H and O–H groups in total. The van der Waals surface area contributed by atoms with Crippen LogP contribution in [0.2, 0.25) is 0 Å². The van der Waals surface area contributed by atoms with Gasteiger partial charge in [0.15, 0.2) is 0 Å². The summed E-state index contributed by atoms with van der Waals surface area (Å²) in [7, 11) is 0. The second-order valence-corrected chi connectivity index (χ2v) is 6.45. The van der Waals surface area contributed by atoms with Crippen LogP contribution < -0.4 is 5.32 Å². The number of carbonyl (C=O) groups excluding carboxylic acids is 1. The zero-order valence-corrected chi connectivity index (χ0v) is 15.6. The molecule has 2 aromatic heterocycles. The molecular formula is C21H19N5O2. The average Bonchev–Trinajstić information content (AvgIpc) is 3.33. The zero-order valence-electron chi connectivity index (χ0n) is 15.6. The number of nitrogens with zero attached hydrogens (tertiary/aromatic N) is 4. The Bertz CT molecular complexity index is 1100. The summed E-state index contributed by atoms with van der Waals surface area (Å²) in [5.74, 6) is 0.299. The maximum Gasteiger partial charge on any atom is 0.247 e. The number of rotatable bonds is 5. The average molecular weight is 373 g/mol. The molecule has 0 atom stereocenters. The van der Waals surface area contributed by atoms with Crippen LogP contribution in [-0.4, -0.2) is 25.9 Å². The lowest BCUT2D eigenvalue weighted by atomic mass is 10.1. The minimum absolute atomic E-state index is 0.110. The lowest BCUT2D eigenvalue weighted by molar-refractivity contribution is -0.115. The summed E-state index contributed by atoms with van der Waals surface area (Å²) in [6.07, 6.45) is 1.52. The van der Waals surface area contributed by atoms with E-state index in [0.717, 1.165) is 28.2 Å². The van der Waals surface area contributed by atoms with Crippen molar-refractivity contribution in [1.29, 1.82) is 0 Å². The molecule has 4 aromatic rings. The molecule has 7 nitrogen and oxygen atoms in total. The fraction of sp³-hybridized carbons (Fsp3) is 0.143. The van der Waals surface area contributed by atoms with Gasteiger partial charge in [-0.1, -0.05) is 24.3 Å². The predicted octanol–water partition coefficient (Wildman–Crippen LogP) is 3.72. The molecule has 0 aliphatic rings. The van der Waals surface area contributed by atoms with E-state index < -0.39 is 0 Å². The molecule has 0 bridgehead atoms. The van der Waals surface area contributed by atoms with E-state index in [2.05, 4.69) is 20.6 Å². The number of anilines is 1. The van der Waals surface area contributed by atoms with Gasteiger partial charge < -0.3 is 9.73 Å². The first-order chi connectivity index (χ1) is 13.6. The molecule has 0 saturated heterocycles. The topological polar surface area (TPSA) is 85.8 Å². The molecule has 0 fully saturated rings. The van der Waals surface area contributed by atoms with Gasteiger partial charge in [0.05, 0.1) is 17.8 Å². The highest BCUT2D eigenvalue weighted by atomic mass is 16.4. The quantitative estimate of drug-likeness (QED) is 0.576. The number of nitrogens with one attached hydrogen (secondary N) is 1. The Balaban J connectivity index is 1.52. The first-order valence-electron chi connectivity index (χ1n) is 8.89. The van der Waals surface area contributed by atoms with Gasteiger partial charge in [-0.05, 0) is 44.2 Å². The molecular weight excluding hydrogens is 354 g/mol. The van der Waals surface area contributed by atoms with Crippen LogP contribution in [0.15, 0.2) is 65.4 Å². The number of aromatic nitrogens is 4. The van der Waals surface area contributed by atoms with Gasteiger partial charge in [0.2, 0.25) is 18.2 Å². The van der Waals surface area contributed by atoms with Crippen LogP contribution in [0.1, 0.15) is 17.0 Å². The molecule has 0 saturated carbocycles. The standard InChI is InChI=1S/C21H19N5O2/c1-14-19(15(2)26(25-14)18-9-4-3-5-10-18)12-20(27)23-17-8-6-7-16(11-17)21-24-22-13-28-21/h3-11,13H,12H2,1-2H3,(H,23,27). The molecule has 4 rings (SSSR count). The van der Waals surface area contributed by atoms with Crippen molar-refractivity contribution in [3.8, 4) is 17.1 Å². The molecule has 0 aliphatic heterocycles. The minimum Gasteiger partial charge on any atom is -0.423 e. The van der Waals surface area contributed by atoms with Crippen LogP contribution in [-0.2, 0) is 11.2 Å². The van der Waals surface area contributed by atoms with Gasteiger partial charge in [-0.15, -0.1) is 10.2 Å². The van der Waals surface area contributed by atoms with Crippen LogP contribution in [0.25, 0.3) is 17.1 Å². The van der Waals surface area contributed by atoms with Gasteiger partial charge in [-0.2, -0.15) is 5.10 Å². The van der Waals surface area contributed by atoms with Crippen molar-refractivity contribution in [2.45, 2.75) is 20.3 Å². The Morgan fingerprint density at radius 3 is 2.68 bits per heavy atom. The van der Waals surface area contributed by atoms with Crippen molar-refractivity contribution in [3.05, 3.63) is 77.9 Å². The highest BCUT2D eigenvalue weighted by Gasteiger charge is 2.16. The zero-order chi connectivity index (χ0) is 19.5. The summed E-state index contributed by atoms with van der Waals surface area (Å²) in [6, 6.07) is 17.2. The number of carbonyl (C=O) groups is 1. The molecule has 140 valence electrons. The number of hydrogen-bond donors (Lipinski definition) is 1. The number of para-hydroxylation sites is 1. The van der Waals surface area contributed by atoms with Gasteiger partial charge in [-0.25, -0.2) is 4.68 Å². The maximum atomic E-state index is 12.6. The fourth-order valence-electron chi connectivity index (χ4n) is 3.15. The van der Waals surface area contributed by atoms with Crippen molar-refractivity contribution in [3.63, 3.8) is 0 Å². The molecule has 0 aliphatic carbocycles. The van der Waals surface area contributed by atoms with Crippen molar-refractivity contribution >= 4 is 11.6 Å². The van der Waals surface area contributed by atoms with Gasteiger partial charge in [0.1, 0.15) is 0 Å². The van der Waals surface area contributed by atoms with Crippen molar-refractivity contribution in [2.24, 2.45) is 0 Å². The third kappa shape index (κ3) is 3.55. The van der Waals surface area contributed by atoms with E-state index in [1.165, 1.54) is 6.39 Å². The van der Waals surface area contributed by atoms with E-state index >= 15 is 0 Å². The van der Waals surface area contributed by atoms with Gasteiger partial charge >= 0.3 is 0 Å². The van der Waals surface area contributed by atoms with E-state index in [-0.39, 0.29) is 12.3 Å². The van der Waals surface area contributed by atoms with E-state index in [4.69, 9.17) is 4.42 Å². The fourth-order valence-corrected chi connectivity index (χ4v) is 3.15. The SMILES string of the molecule is Cc1nn(-c2ccccc2)c(C)c1CC(=O)Nc1cccc(-c2nnco2)c1. The van der Waals surface area contributed by atoms with E-state index in [9.17, 15) is 4.79 Å². The van der Waals surface area contributed by atoms with Crippen LogP contribution in [0.4, 0.5) is 5.69 Å². The van der Waals surface area contributed by atoms with Crippen molar-refractivity contribution in [1.82, 2.24) is 20.0 Å². The van der Waals surface area contributed by atoms with Gasteiger partial charge in [0, 0.05) is 22.5 Å². The summed E-state index contributed by atoms with van der Waals surface area (Å²) in [4.78, 5) is 12.6. The Morgan fingerprint density at radius 2 is 1.93 bits per heavy atom. The number of hydrogen-bond acceptors (Lipinski definition) is 5. The van der Waals surface area contributed by atoms with Crippen LogP contribution in [0.5, 0.6) is 0 Å². The summed E-state index contributed by atoms with van der Waals surface area (Å²) in [5.41, 5.74) is 5.12. The summed E-state index contributed by atoms with van der Waals surface area (Å²) in [5, 5.41) is 15.1. The highest BCUT2D eigenvalue weighted by molar-refractivity contribution is 5.93. The monoisotopic (exact) mass is 373 g/mol. The van der Waals surface area contributed by atoms with E-state index in [0.29, 0.717) is 11.6 Å². The number of aryl methyl sites for hydroxylation is 1. The Hall–Kier alpha value is -3.74. The van der Waals surface area contributed by atoms with Crippen molar-refractivity contribution in [2.75, 3.05) is 5.32 Å². The minimum atomic E-state index is -0.110. The lowest BCUT2D eigenvalue weighted by Gasteiger charge is -2.07. The largest absolute Gasteiger partial charge is 0.423 e. The van der Waals surface area contributed by atoms with Crippen LogP contribution >= 0.6 is 0 Å². The summed E-state index contributed by atoms with van der Waals surface area (Å²) >= 11 is 0. The Kier molecular flexibility index (Phi) is 4.72. The Labute approximate surface area is 162 Å². The molecule has 0 radical (unpaired) electrons. The molecule has 7 heteroatoms. The molecule has 1 amide bonds. The molecule has 2 heterocycles. The second kappa shape index (κ2) is 7.48. The van der Waals surface area contributed by atoms with Crippen molar-refractivity contribution < 1.29 is 9.21 Å². The Morgan fingerprint density at radius 1 is 1.11 bits per heavy atom. The van der Waals surface area contributed by atoms with Crippen LogP contribution in [0, 0.1) is 13.8 Å². The first kappa shape index (κ1) is 17.7. The van der Waals surface area contributed by atoms with E-state index in [1.807, 2.05) is 67.1 Å². The van der Waals surface area contributed by atoms with Gasteiger partial charge in [0.25, 0.3) is 0 Å². The second-order valence-electron chi connectivity index (χ2n) is 6.45. The normalized spacial score (nSPS) is 10.8. The molecule has 28 heavy (non-hydrogen) atoms. The number of benzene rings is 2. The van der Waals surface area contributed by atoms with Crippen LogP contribution in [0.3, 0.4) is 0 Å². The number of amides is 1. The highest BCUT2D eigenvalue weighted by Crippen LogP contribution is 2.22. The predicted molar refractivity (Wildman–Crippen MR) is 105 cm³/mol. The van der Waals surface area contributed by atoms with E-state index in [1.54, 1.807) is 6.07 Å². The van der Waals surface area contributed by atoms with Gasteiger partial charge in [-0.3, -0.25) is 4.79 Å². The molecule has 0 spiro atoms. The maximum absolute atomic E-state index is 12.6. The third-order valence-electron chi connectivity index (χ3n) is 4.53. The smallest absolute Gasteiger partial charge is 0.247 e. The molecule has 0 unspecified atom stereocenters. The third-order valence-corrected chi connectivity index (χ3v) is 4.53. The summed E-state index contributed by atoms with van der Waals surface area (Å²) < 4.78 is 7.07. The lowest BCUT2D eigenvalue weighted by Crippen LogP contribution is -2.15.